The highest BCUT2D eigenvalue weighted by Gasteiger charge is 2.25. The first-order valence-electron chi connectivity index (χ1n) is 7.81. The Balaban J connectivity index is 1.53. The third-order valence-corrected chi connectivity index (χ3v) is 6.40. The van der Waals surface area contributed by atoms with Crippen LogP contribution < -0.4 is 5.32 Å². The number of carbonyl (C=O) groups is 1. The number of amides is 2. The van der Waals surface area contributed by atoms with E-state index in [4.69, 9.17) is 0 Å². The van der Waals surface area contributed by atoms with Gasteiger partial charge in [-0.15, -0.1) is 11.3 Å². The number of halogens is 1. The molecule has 23 heavy (non-hydrogen) atoms. The minimum absolute atomic E-state index is 0.00183. The summed E-state index contributed by atoms with van der Waals surface area (Å²) in [6, 6.07) is 4.21. The van der Waals surface area contributed by atoms with E-state index in [1.165, 1.54) is 21.6 Å². The summed E-state index contributed by atoms with van der Waals surface area (Å²) in [5.41, 5.74) is 3.67. The van der Waals surface area contributed by atoms with Crippen LogP contribution in [0.1, 0.15) is 33.5 Å². The maximum absolute atomic E-state index is 12.3. The normalized spacial score (nSPS) is 13.3. The van der Waals surface area contributed by atoms with Crippen LogP contribution in [0.5, 0.6) is 0 Å². The molecule has 2 heterocycles. The first-order valence-corrected chi connectivity index (χ1v) is 9.42. The van der Waals surface area contributed by atoms with Crippen LogP contribution in [0.3, 0.4) is 0 Å². The van der Waals surface area contributed by atoms with E-state index in [2.05, 4.69) is 52.2 Å². The number of carbonyl (C=O) groups excluding carboxylic acids is 1. The number of aryl methyl sites for hydroxylation is 2. The molecule has 3 rings (SSSR count). The molecule has 0 aliphatic carbocycles. The monoisotopic (exact) mass is 393 g/mol. The zero-order valence-corrected chi connectivity index (χ0v) is 15.8. The van der Waals surface area contributed by atoms with Gasteiger partial charge in [0, 0.05) is 41.6 Å². The van der Waals surface area contributed by atoms with Gasteiger partial charge in [-0.25, -0.2) is 9.78 Å². The van der Waals surface area contributed by atoms with Crippen LogP contribution in [0.25, 0.3) is 0 Å². The molecule has 1 aliphatic heterocycles. The molecular weight excluding hydrogens is 374 g/mol. The Morgan fingerprint density at radius 1 is 1.43 bits per heavy atom. The molecule has 6 heteroatoms. The molecule has 0 radical (unpaired) electrons. The number of nitrogens with one attached hydrogen (secondary N) is 1. The second-order valence-electron chi connectivity index (χ2n) is 5.75. The zero-order chi connectivity index (χ0) is 16.4. The van der Waals surface area contributed by atoms with E-state index in [1.807, 2.05) is 11.1 Å². The SMILES string of the molecule is CCc1cnc(CCNC(=O)N2Cc3ccc(C)c(Br)c3C2)s1. The highest BCUT2D eigenvalue weighted by Crippen LogP contribution is 2.31. The van der Waals surface area contributed by atoms with Crippen LogP contribution in [0.4, 0.5) is 4.79 Å². The van der Waals surface area contributed by atoms with E-state index < -0.39 is 0 Å². The van der Waals surface area contributed by atoms with Crippen molar-refractivity contribution in [1.82, 2.24) is 15.2 Å². The van der Waals surface area contributed by atoms with E-state index >= 15 is 0 Å². The molecule has 0 atom stereocenters. The van der Waals surface area contributed by atoms with Gasteiger partial charge in [0.25, 0.3) is 0 Å². The molecule has 2 aromatic rings. The number of benzene rings is 1. The molecule has 1 aliphatic rings. The lowest BCUT2D eigenvalue weighted by Crippen LogP contribution is -2.37. The van der Waals surface area contributed by atoms with Crippen LogP contribution in [0, 0.1) is 6.92 Å². The summed E-state index contributed by atoms with van der Waals surface area (Å²) in [4.78, 5) is 19.9. The number of hydrogen-bond acceptors (Lipinski definition) is 3. The number of thiazole rings is 1. The fourth-order valence-electron chi connectivity index (χ4n) is 2.71. The van der Waals surface area contributed by atoms with Gasteiger partial charge in [-0.2, -0.15) is 0 Å². The number of hydrogen-bond donors (Lipinski definition) is 1. The predicted octanol–water partition coefficient (Wildman–Crippen LogP) is 4.04. The van der Waals surface area contributed by atoms with Gasteiger partial charge in [0.05, 0.1) is 5.01 Å². The Kier molecular flexibility index (Phi) is 5.02. The van der Waals surface area contributed by atoms with E-state index in [0.717, 1.165) is 22.3 Å². The fourth-order valence-corrected chi connectivity index (χ4v) is 4.08. The number of fused-ring (bicyclic) bond motifs is 1. The lowest BCUT2D eigenvalue weighted by atomic mass is 10.1. The van der Waals surface area contributed by atoms with Crippen LogP contribution in [0.2, 0.25) is 0 Å². The maximum atomic E-state index is 12.3. The Morgan fingerprint density at radius 2 is 2.26 bits per heavy atom. The molecule has 1 aromatic carbocycles. The number of rotatable bonds is 4. The van der Waals surface area contributed by atoms with Gasteiger partial charge < -0.3 is 10.2 Å². The van der Waals surface area contributed by atoms with Crippen molar-refractivity contribution in [2.24, 2.45) is 0 Å². The van der Waals surface area contributed by atoms with Crippen molar-refractivity contribution in [3.63, 3.8) is 0 Å². The van der Waals surface area contributed by atoms with Crippen molar-refractivity contribution in [1.29, 1.82) is 0 Å². The molecule has 2 amide bonds. The first kappa shape index (κ1) is 16.5. The number of aromatic nitrogens is 1. The third-order valence-electron chi connectivity index (χ3n) is 4.10. The summed E-state index contributed by atoms with van der Waals surface area (Å²) in [6.45, 7) is 6.18. The summed E-state index contributed by atoms with van der Waals surface area (Å²) in [7, 11) is 0. The molecule has 0 fully saturated rings. The highest BCUT2D eigenvalue weighted by molar-refractivity contribution is 9.10. The van der Waals surface area contributed by atoms with Crippen LogP contribution in [-0.2, 0) is 25.9 Å². The molecule has 0 unspecified atom stereocenters. The van der Waals surface area contributed by atoms with Crippen molar-refractivity contribution < 1.29 is 4.79 Å². The van der Waals surface area contributed by atoms with E-state index in [-0.39, 0.29) is 6.03 Å². The molecule has 0 bridgehead atoms. The number of nitrogens with zero attached hydrogens (tertiary/aromatic N) is 2. The van der Waals surface area contributed by atoms with Crippen molar-refractivity contribution in [2.45, 2.75) is 39.8 Å². The smallest absolute Gasteiger partial charge is 0.318 e. The highest BCUT2D eigenvalue weighted by atomic mass is 79.9. The predicted molar refractivity (Wildman–Crippen MR) is 96.7 cm³/mol. The average molecular weight is 394 g/mol. The lowest BCUT2D eigenvalue weighted by Gasteiger charge is -2.16. The molecule has 122 valence electrons. The van der Waals surface area contributed by atoms with Gasteiger partial charge in [-0.05, 0) is 30.0 Å². The van der Waals surface area contributed by atoms with Crippen molar-refractivity contribution in [3.8, 4) is 0 Å². The summed E-state index contributed by atoms with van der Waals surface area (Å²) >= 11 is 5.36. The zero-order valence-electron chi connectivity index (χ0n) is 13.4. The second kappa shape index (κ2) is 7.01. The van der Waals surface area contributed by atoms with Crippen LogP contribution >= 0.6 is 27.3 Å². The average Bonchev–Trinajstić information content (AvgIpc) is 3.18. The van der Waals surface area contributed by atoms with Crippen LogP contribution in [-0.4, -0.2) is 22.5 Å². The molecular formula is C17H20BrN3OS. The minimum Gasteiger partial charge on any atom is -0.338 e. The first-order chi connectivity index (χ1) is 11.1. The summed E-state index contributed by atoms with van der Waals surface area (Å²) in [5.74, 6) is 0. The Hall–Kier alpha value is -1.40. The number of urea groups is 1. The topological polar surface area (TPSA) is 45.2 Å². The Bertz CT molecular complexity index is 729. The van der Waals surface area contributed by atoms with Crippen LogP contribution in [0.15, 0.2) is 22.8 Å². The molecule has 0 saturated heterocycles. The standard InChI is InChI=1S/C17H20BrN3OS/c1-3-13-8-20-15(23-13)6-7-19-17(22)21-9-12-5-4-11(2)16(18)14(12)10-21/h4-5,8H,3,6-7,9-10H2,1-2H3,(H,19,22). The maximum Gasteiger partial charge on any atom is 0.318 e. The van der Waals surface area contributed by atoms with Crippen molar-refractivity contribution in [3.05, 3.63) is 49.4 Å². The largest absolute Gasteiger partial charge is 0.338 e. The van der Waals surface area contributed by atoms with Gasteiger partial charge >= 0.3 is 6.03 Å². The molecule has 4 nitrogen and oxygen atoms in total. The summed E-state index contributed by atoms with van der Waals surface area (Å²) in [5, 5.41) is 4.10. The summed E-state index contributed by atoms with van der Waals surface area (Å²) in [6.07, 6.45) is 3.74. The summed E-state index contributed by atoms with van der Waals surface area (Å²) < 4.78 is 1.13. The minimum atomic E-state index is -0.00183. The van der Waals surface area contributed by atoms with E-state index in [0.29, 0.717) is 19.6 Å². The molecule has 0 saturated carbocycles. The van der Waals surface area contributed by atoms with Crippen molar-refractivity contribution >= 4 is 33.3 Å². The second-order valence-corrected chi connectivity index (χ2v) is 7.74. The quantitative estimate of drug-likeness (QED) is 0.851. The Labute approximate surface area is 149 Å². The van der Waals surface area contributed by atoms with E-state index in [1.54, 1.807) is 11.3 Å². The van der Waals surface area contributed by atoms with Gasteiger partial charge in [-0.3, -0.25) is 0 Å². The third kappa shape index (κ3) is 3.58. The molecule has 1 N–H and O–H groups in total. The van der Waals surface area contributed by atoms with Gasteiger partial charge in [0.2, 0.25) is 0 Å². The molecule has 1 aromatic heterocycles. The fraction of sp³-hybridized carbons (Fsp3) is 0.412. The van der Waals surface area contributed by atoms with Gasteiger partial charge in [0.15, 0.2) is 0 Å². The molecule has 0 spiro atoms. The lowest BCUT2D eigenvalue weighted by molar-refractivity contribution is 0.198. The van der Waals surface area contributed by atoms with Crippen molar-refractivity contribution in [2.75, 3.05) is 6.54 Å². The van der Waals surface area contributed by atoms with E-state index in [9.17, 15) is 4.79 Å². The Morgan fingerprint density at radius 3 is 3.00 bits per heavy atom. The van der Waals surface area contributed by atoms with Gasteiger partial charge in [-0.1, -0.05) is 35.0 Å². The van der Waals surface area contributed by atoms with Gasteiger partial charge in [0.1, 0.15) is 0 Å².